The molecule has 2 rings (SSSR count). The van der Waals surface area contributed by atoms with Crippen LogP contribution in [0, 0.1) is 9.39 Å². The molecule has 0 radical (unpaired) electrons. The smallest absolute Gasteiger partial charge is 0.355 e. The third-order valence-electron chi connectivity index (χ3n) is 5.72. The van der Waals surface area contributed by atoms with Gasteiger partial charge in [0, 0.05) is 21.6 Å². The predicted molar refractivity (Wildman–Crippen MR) is 143 cm³/mol. The average molecular weight is 609 g/mol. The minimum atomic E-state index is -1.72. The molecule has 0 bridgehead atoms. The highest BCUT2D eigenvalue weighted by Gasteiger charge is 2.36. The zero-order valence-corrected chi connectivity index (χ0v) is 23.9. The monoisotopic (exact) mass is 608 g/mol. The Morgan fingerprint density at radius 1 is 1.24 bits per heavy atom. The van der Waals surface area contributed by atoms with Gasteiger partial charge in [-0.15, -0.1) is 11.3 Å². The topological polar surface area (TPSA) is 80.7 Å². The summed E-state index contributed by atoms with van der Waals surface area (Å²) in [5.74, 6) is -1.23. The van der Waals surface area contributed by atoms with Crippen LogP contribution in [0.2, 0.25) is 18.1 Å². The molecule has 0 fully saturated rings. The van der Waals surface area contributed by atoms with E-state index < -0.39 is 20.1 Å². The van der Waals surface area contributed by atoms with Crippen molar-refractivity contribution in [2.75, 3.05) is 25.1 Å². The summed E-state index contributed by atoms with van der Waals surface area (Å²) in [7, 11) is -1.72. The van der Waals surface area contributed by atoms with Crippen LogP contribution in [0.5, 0.6) is 5.75 Å². The van der Waals surface area contributed by atoms with Crippen LogP contribution < -0.4 is 10.1 Å². The number of thiazole rings is 1. The van der Waals surface area contributed by atoms with Gasteiger partial charge in [-0.3, -0.25) is 0 Å². The SMILES string of the molecule is CC(C)(C)[Si](C)(C)OCCCCNc1nc(C(=O)O)c(CCCOc2ccc(I)cc2F)s1. The quantitative estimate of drug-likeness (QED) is 0.148. The highest BCUT2D eigenvalue weighted by atomic mass is 127. The molecule has 0 aliphatic rings. The first-order valence-electron chi connectivity index (χ1n) is 11.1. The third kappa shape index (κ3) is 8.80. The molecule has 1 aromatic heterocycles. The van der Waals surface area contributed by atoms with Crippen molar-refractivity contribution in [3.8, 4) is 5.75 Å². The molecular formula is C23H34FIN2O4SSi. The second-order valence-corrected chi connectivity index (χ2v) is 16.5. The molecule has 184 valence electrons. The first kappa shape index (κ1) is 28.0. The van der Waals surface area contributed by atoms with E-state index in [9.17, 15) is 14.3 Å². The molecule has 6 nitrogen and oxygen atoms in total. The Labute approximate surface area is 214 Å². The number of carboxylic acids is 1. The number of nitrogens with one attached hydrogen (secondary N) is 1. The van der Waals surface area contributed by atoms with Crippen molar-refractivity contribution in [2.45, 2.75) is 64.6 Å². The number of nitrogens with zero attached hydrogens (tertiary/aromatic N) is 1. The first-order valence-corrected chi connectivity index (χ1v) is 15.9. The summed E-state index contributed by atoms with van der Waals surface area (Å²) in [4.78, 5) is 16.5. The Kier molecular flexibility index (Phi) is 10.6. The molecule has 1 aromatic carbocycles. The lowest BCUT2D eigenvalue weighted by Crippen LogP contribution is -2.41. The lowest BCUT2D eigenvalue weighted by molar-refractivity contribution is 0.0690. The van der Waals surface area contributed by atoms with Gasteiger partial charge in [-0.2, -0.15) is 0 Å². The van der Waals surface area contributed by atoms with E-state index in [1.165, 1.54) is 17.4 Å². The van der Waals surface area contributed by atoms with Crippen molar-refractivity contribution in [3.05, 3.63) is 38.2 Å². The molecule has 0 aliphatic carbocycles. The molecule has 0 unspecified atom stereocenters. The number of carboxylic acid groups (broad SMARTS) is 1. The van der Waals surface area contributed by atoms with Gasteiger partial charge in [-0.25, -0.2) is 14.2 Å². The summed E-state index contributed by atoms with van der Waals surface area (Å²) in [5, 5.41) is 13.5. The molecule has 0 saturated heterocycles. The molecule has 33 heavy (non-hydrogen) atoms. The highest BCUT2D eigenvalue weighted by Crippen LogP contribution is 2.36. The van der Waals surface area contributed by atoms with E-state index in [4.69, 9.17) is 9.16 Å². The second-order valence-electron chi connectivity index (χ2n) is 9.37. The number of hydrogen-bond donors (Lipinski definition) is 2. The molecule has 0 amide bonds. The number of aryl methyl sites for hydroxylation is 1. The van der Waals surface area contributed by atoms with Crippen LogP contribution >= 0.6 is 33.9 Å². The summed E-state index contributed by atoms with van der Waals surface area (Å²) in [5.41, 5.74) is 0.0733. The lowest BCUT2D eigenvalue weighted by atomic mass is 10.2. The maximum atomic E-state index is 13.9. The molecule has 2 aromatic rings. The van der Waals surface area contributed by atoms with Crippen molar-refractivity contribution in [1.29, 1.82) is 0 Å². The molecule has 0 spiro atoms. The standard InChI is InChI=1S/C23H34FIN2O4SSi/c1-23(2,3)33(4,5)31-14-7-6-12-26-22-27-20(21(28)29)19(32-22)9-8-13-30-18-11-10-16(25)15-17(18)24/h10-11,15H,6-9,12-14H2,1-5H3,(H,26,27)(H,28,29). The number of rotatable bonds is 13. The maximum Gasteiger partial charge on any atom is 0.355 e. The highest BCUT2D eigenvalue weighted by molar-refractivity contribution is 14.1. The van der Waals surface area contributed by atoms with Gasteiger partial charge in [0.15, 0.2) is 30.7 Å². The van der Waals surface area contributed by atoms with Gasteiger partial charge < -0.3 is 19.6 Å². The van der Waals surface area contributed by atoms with Gasteiger partial charge in [-0.05, 0) is 84.6 Å². The van der Waals surface area contributed by atoms with Crippen molar-refractivity contribution in [1.82, 2.24) is 4.98 Å². The Morgan fingerprint density at radius 3 is 2.61 bits per heavy atom. The van der Waals surface area contributed by atoms with Gasteiger partial charge in [0.2, 0.25) is 0 Å². The molecule has 0 aliphatic heterocycles. The Morgan fingerprint density at radius 2 is 1.97 bits per heavy atom. The molecule has 0 atom stereocenters. The molecule has 1 heterocycles. The summed E-state index contributed by atoms with van der Waals surface area (Å²) in [6.07, 6.45) is 2.93. The van der Waals surface area contributed by atoms with Crippen molar-refractivity contribution in [3.63, 3.8) is 0 Å². The molecule has 10 heteroatoms. The fourth-order valence-corrected chi connectivity index (χ4v) is 5.30. The van der Waals surface area contributed by atoms with Crippen LogP contribution in [0.1, 0.15) is 55.4 Å². The Balaban J connectivity index is 1.77. The van der Waals surface area contributed by atoms with Crippen molar-refractivity contribution >= 4 is 53.3 Å². The van der Waals surface area contributed by atoms with E-state index in [2.05, 4.69) is 44.2 Å². The van der Waals surface area contributed by atoms with Gasteiger partial charge in [-0.1, -0.05) is 20.8 Å². The molecular weight excluding hydrogens is 574 g/mol. The van der Waals surface area contributed by atoms with Gasteiger partial charge in [0.25, 0.3) is 0 Å². The molecule has 0 saturated carbocycles. The van der Waals surface area contributed by atoms with E-state index in [1.807, 2.05) is 22.6 Å². The average Bonchev–Trinajstić information content (AvgIpc) is 3.11. The van der Waals surface area contributed by atoms with Crippen molar-refractivity contribution < 1.29 is 23.5 Å². The zero-order chi connectivity index (χ0) is 24.6. The van der Waals surface area contributed by atoms with Gasteiger partial charge in [0.05, 0.1) is 6.61 Å². The van der Waals surface area contributed by atoms with E-state index in [0.717, 1.165) is 23.0 Å². The Bertz CT molecular complexity index is 934. The number of ether oxygens (including phenoxy) is 1. The van der Waals surface area contributed by atoms with Crippen LogP contribution in [0.3, 0.4) is 0 Å². The zero-order valence-electron chi connectivity index (χ0n) is 20.0. The summed E-state index contributed by atoms with van der Waals surface area (Å²) >= 11 is 3.39. The van der Waals surface area contributed by atoms with Crippen LogP contribution in [0.4, 0.5) is 9.52 Å². The van der Waals surface area contributed by atoms with Crippen LogP contribution in [0.25, 0.3) is 0 Å². The third-order valence-corrected chi connectivity index (χ3v) is 12.0. The predicted octanol–water partition coefficient (Wildman–Crippen LogP) is 6.81. The fourth-order valence-electron chi connectivity index (χ4n) is 2.74. The minimum Gasteiger partial charge on any atom is -0.491 e. The van der Waals surface area contributed by atoms with E-state index >= 15 is 0 Å². The second kappa shape index (κ2) is 12.5. The number of aromatic nitrogens is 1. The summed E-state index contributed by atoms with van der Waals surface area (Å²) < 4.78 is 26.3. The number of benzene rings is 1. The fraction of sp³-hybridized carbons (Fsp3) is 0.565. The van der Waals surface area contributed by atoms with Gasteiger partial charge in [0.1, 0.15) is 0 Å². The van der Waals surface area contributed by atoms with Crippen LogP contribution in [-0.4, -0.2) is 44.1 Å². The molecule has 2 N–H and O–H groups in total. The minimum absolute atomic E-state index is 0.0733. The maximum absolute atomic E-state index is 13.9. The summed E-state index contributed by atoms with van der Waals surface area (Å²) in [6, 6.07) is 4.80. The summed E-state index contributed by atoms with van der Waals surface area (Å²) in [6.45, 7) is 12.9. The van der Waals surface area contributed by atoms with E-state index in [-0.39, 0.29) is 16.5 Å². The van der Waals surface area contributed by atoms with Gasteiger partial charge >= 0.3 is 5.97 Å². The van der Waals surface area contributed by atoms with Crippen molar-refractivity contribution in [2.24, 2.45) is 0 Å². The van der Waals surface area contributed by atoms with E-state index in [1.54, 1.807) is 12.1 Å². The largest absolute Gasteiger partial charge is 0.491 e. The normalized spacial score (nSPS) is 12.1. The Hall–Kier alpha value is -1.24. The number of hydrogen-bond acceptors (Lipinski definition) is 6. The number of carbonyl (C=O) groups is 1. The van der Waals surface area contributed by atoms with Crippen LogP contribution in [0.15, 0.2) is 18.2 Å². The lowest BCUT2D eigenvalue weighted by Gasteiger charge is -2.36. The van der Waals surface area contributed by atoms with E-state index in [0.29, 0.717) is 36.0 Å². The number of aromatic carboxylic acids is 1. The number of unbranched alkanes of at least 4 members (excludes halogenated alkanes) is 1. The number of anilines is 1. The first-order chi connectivity index (χ1) is 15.4. The number of halogens is 2. The van der Waals surface area contributed by atoms with Crippen LogP contribution in [-0.2, 0) is 10.8 Å².